The highest BCUT2D eigenvalue weighted by Gasteiger charge is 2.30. The molecule has 4 atom stereocenters. The molecule has 2 rings (SSSR count). The molecule has 0 bridgehead atoms. The normalized spacial score (nSPS) is 23.7. The molecular weight excluding hydrogens is 312 g/mol. The first-order valence-electron chi connectivity index (χ1n) is 8.25. The SMILES string of the molecule is CC[S@](=O)[C@@H]1CCCC[C@H]1NC(=O)N[C@H](CO)c1ccccc1. The molecule has 1 aliphatic rings. The van der Waals surface area contributed by atoms with E-state index in [2.05, 4.69) is 10.6 Å². The fraction of sp³-hybridized carbons (Fsp3) is 0.588. The summed E-state index contributed by atoms with van der Waals surface area (Å²) in [5.74, 6) is 0.619. The van der Waals surface area contributed by atoms with E-state index in [1.165, 1.54) is 0 Å². The zero-order chi connectivity index (χ0) is 16.7. The summed E-state index contributed by atoms with van der Waals surface area (Å²) in [5, 5.41) is 15.3. The van der Waals surface area contributed by atoms with Gasteiger partial charge in [-0.05, 0) is 18.4 Å². The third-order valence-electron chi connectivity index (χ3n) is 4.33. The molecule has 0 radical (unpaired) electrons. The highest BCUT2D eigenvalue weighted by molar-refractivity contribution is 7.85. The molecule has 128 valence electrons. The largest absolute Gasteiger partial charge is 0.394 e. The van der Waals surface area contributed by atoms with Crippen LogP contribution in [0.2, 0.25) is 0 Å². The van der Waals surface area contributed by atoms with Gasteiger partial charge in [-0.1, -0.05) is 50.1 Å². The van der Waals surface area contributed by atoms with Crippen molar-refractivity contribution in [1.29, 1.82) is 0 Å². The van der Waals surface area contributed by atoms with Crippen molar-refractivity contribution in [2.45, 2.75) is 49.9 Å². The molecule has 0 unspecified atom stereocenters. The van der Waals surface area contributed by atoms with Gasteiger partial charge in [0.2, 0.25) is 0 Å². The Balaban J connectivity index is 1.95. The summed E-state index contributed by atoms with van der Waals surface area (Å²) >= 11 is 0. The van der Waals surface area contributed by atoms with Crippen LogP contribution in [0.1, 0.15) is 44.2 Å². The smallest absolute Gasteiger partial charge is 0.315 e. The summed E-state index contributed by atoms with van der Waals surface area (Å²) in [4.78, 5) is 12.3. The lowest BCUT2D eigenvalue weighted by molar-refractivity contribution is 0.211. The van der Waals surface area contributed by atoms with E-state index >= 15 is 0 Å². The molecule has 0 saturated heterocycles. The van der Waals surface area contributed by atoms with Crippen molar-refractivity contribution in [2.24, 2.45) is 0 Å². The molecule has 1 fully saturated rings. The van der Waals surface area contributed by atoms with Crippen LogP contribution >= 0.6 is 0 Å². The first-order valence-corrected chi connectivity index (χ1v) is 9.64. The number of rotatable bonds is 6. The molecule has 1 aromatic rings. The predicted molar refractivity (Wildman–Crippen MR) is 92.7 cm³/mol. The van der Waals surface area contributed by atoms with Crippen molar-refractivity contribution >= 4 is 16.8 Å². The Labute approximate surface area is 140 Å². The van der Waals surface area contributed by atoms with Gasteiger partial charge in [-0.3, -0.25) is 4.21 Å². The molecule has 2 amide bonds. The molecule has 23 heavy (non-hydrogen) atoms. The summed E-state index contributed by atoms with van der Waals surface area (Å²) < 4.78 is 12.2. The molecule has 1 saturated carbocycles. The lowest BCUT2D eigenvalue weighted by Crippen LogP contribution is -2.51. The van der Waals surface area contributed by atoms with Gasteiger partial charge in [0.1, 0.15) is 0 Å². The zero-order valence-electron chi connectivity index (χ0n) is 13.5. The lowest BCUT2D eigenvalue weighted by atomic mass is 9.95. The standard InChI is InChI=1S/C17H26N2O3S/c1-2-23(22)16-11-7-6-10-14(16)18-17(21)19-15(12-20)13-8-4-3-5-9-13/h3-5,8-9,14-16,20H,2,6-7,10-12H2,1H3,(H2,18,19,21)/t14-,15-,16-,23+/m1/s1. The number of amides is 2. The number of carbonyl (C=O) groups excluding carboxylic acids is 1. The van der Waals surface area contributed by atoms with Crippen molar-refractivity contribution in [3.8, 4) is 0 Å². The number of hydrogen-bond donors (Lipinski definition) is 3. The van der Waals surface area contributed by atoms with E-state index in [0.717, 1.165) is 31.2 Å². The van der Waals surface area contributed by atoms with Gasteiger partial charge in [0.05, 0.1) is 17.9 Å². The second kappa shape index (κ2) is 9.03. The van der Waals surface area contributed by atoms with Crippen LogP contribution < -0.4 is 10.6 Å². The number of urea groups is 1. The van der Waals surface area contributed by atoms with Gasteiger partial charge in [0, 0.05) is 22.6 Å². The van der Waals surface area contributed by atoms with E-state index in [9.17, 15) is 14.1 Å². The van der Waals surface area contributed by atoms with E-state index in [1.807, 2.05) is 37.3 Å². The summed E-state index contributed by atoms with van der Waals surface area (Å²) in [6.45, 7) is 1.76. The van der Waals surface area contributed by atoms with E-state index < -0.39 is 16.8 Å². The maximum Gasteiger partial charge on any atom is 0.315 e. The van der Waals surface area contributed by atoms with Crippen LogP contribution in [0.4, 0.5) is 4.79 Å². The fourth-order valence-electron chi connectivity index (χ4n) is 3.08. The van der Waals surface area contributed by atoms with Crippen molar-refractivity contribution in [3.63, 3.8) is 0 Å². The number of aliphatic hydroxyl groups is 1. The van der Waals surface area contributed by atoms with Gasteiger partial charge in [0.25, 0.3) is 0 Å². The van der Waals surface area contributed by atoms with Crippen LogP contribution in [0.15, 0.2) is 30.3 Å². The Morgan fingerprint density at radius 1 is 1.30 bits per heavy atom. The van der Waals surface area contributed by atoms with Gasteiger partial charge in [-0.15, -0.1) is 0 Å². The number of hydrogen-bond acceptors (Lipinski definition) is 3. The molecule has 1 aliphatic carbocycles. The first kappa shape index (κ1) is 17.9. The quantitative estimate of drug-likeness (QED) is 0.743. The maximum absolute atomic E-state index is 12.3. The summed E-state index contributed by atoms with van der Waals surface area (Å²) in [6, 6.07) is 8.59. The Hall–Kier alpha value is -1.40. The first-order chi connectivity index (χ1) is 11.2. The fourth-order valence-corrected chi connectivity index (χ4v) is 4.51. The molecule has 3 N–H and O–H groups in total. The molecule has 6 heteroatoms. The minimum absolute atomic E-state index is 0.0313. The van der Waals surface area contributed by atoms with Gasteiger partial charge in [-0.2, -0.15) is 0 Å². The third-order valence-corrected chi connectivity index (χ3v) is 6.14. The Bertz CT molecular complexity index is 524. The van der Waals surface area contributed by atoms with Crippen LogP contribution in [-0.2, 0) is 10.8 Å². The monoisotopic (exact) mass is 338 g/mol. The van der Waals surface area contributed by atoms with E-state index in [-0.39, 0.29) is 23.9 Å². The van der Waals surface area contributed by atoms with Crippen molar-refractivity contribution in [1.82, 2.24) is 10.6 Å². The summed E-state index contributed by atoms with van der Waals surface area (Å²) in [7, 11) is -0.902. The van der Waals surface area contributed by atoms with E-state index in [1.54, 1.807) is 0 Å². The number of carbonyl (C=O) groups is 1. The zero-order valence-corrected chi connectivity index (χ0v) is 14.3. The highest BCUT2D eigenvalue weighted by Crippen LogP contribution is 2.23. The van der Waals surface area contributed by atoms with Crippen molar-refractivity contribution in [2.75, 3.05) is 12.4 Å². The minimum Gasteiger partial charge on any atom is -0.394 e. The van der Waals surface area contributed by atoms with Crippen LogP contribution in [0.3, 0.4) is 0 Å². The maximum atomic E-state index is 12.3. The average molecular weight is 338 g/mol. The topological polar surface area (TPSA) is 78.4 Å². The second-order valence-corrected chi connectivity index (χ2v) is 7.81. The van der Waals surface area contributed by atoms with Crippen LogP contribution in [0.5, 0.6) is 0 Å². The van der Waals surface area contributed by atoms with Gasteiger partial charge < -0.3 is 15.7 Å². The summed E-state index contributed by atoms with van der Waals surface area (Å²) in [6.07, 6.45) is 3.87. The molecule has 0 aromatic heterocycles. The van der Waals surface area contributed by atoms with Gasteiger partial charge in [-0.25, -0.2) is 4.79 Å². The Morgan fingerprint density at radius 2 is 2.00 bits per heavy atom. The summed E-state index contributed by atoms with van der Waals surface area (Å²) in [5.41, 5.74) is 0.863. The van der Waals surface area contributed by atoms with E-state index in [0.29, 0.717) is 5.75 Å². The molecule has 0 spiro atoms. The van der Waals surface area contributed by atoms with Crippen molar-refractivity contribution in [3.05, 3.63) is 35.9 Å². The average Bonchev–Trinajstić information content (AvgIpc) is 2.60. The third kappa shape index (κ3) is 5.04. The number of aliphatic hydroxyl groups excluding tert-OH is 1. The molecule has 5 nitrogen and oxygen atoms in total. The molecule has 1 aromatic carbocycles. The second-order valence-electron chi connectivity index (χ2n) is 5.86. The Kier molecular flexibility index (Phi) is 7.05. The highest BCUT2D eigenvalue weighted by atomic mass is 32.2. The molecule has 0 heterocycles. The Morgan fingerprint density at radius 3 is 2.65 bits per heavy atom. The number of benzene rings is 1. The minimum atomic E-state index is -0.902. The predicted octanol–water partition coefficient (Wildman–Crippen LogP) is 2.10. The van der Waals surface area contributed by atoms with Crippen LogP contribution in [0, 0.1) is 0 Å². The van der Waals surface area contributed by atoms with Crippen molar-refractivity contribution < 1.29 is 14.1 Å². The van der Waals surface area contributed by atoms with Crippen LogP contribution in [0.25, 0.3) is 0 Å². The van der Waals surface area contributed by atoms with E-state index in [4.69, 9.17) is 0 Å². The van der Waals surface area contributed by atoms with Gasteiger partial charge >= 0.3 is 6.03 Å². The number of nitrogens with one attached hydrogen (secondary N) is 2. The molecular formula is C17H26N2O3S. The van der Waals surface area contributed by atoms with Crippen LogP contribution in [-0.4, -0.2) is 39.0 Å². The van der Waals surface area contributed by atoms with Gasteiger partial charge in [0.15, 0.2) is 0 Å². The lowest BCUT2D eigenvalue weighted by Gasteiger charge is -2.31. The molecule has 0 aliphatic heterocycles.